The zero-order chi connectivity index (χ0) is 19.6. The van der Waals surface area contributed by atoms with Gasteiger partial charge in [0.2, 0.25) is 0 Å². The van der Waals surface area contributed by atoms with Crippen molar-refractivity contribution in [2.75, 3.05) is 0 Å². The summed E-state index contributed by atoms with van der Waals surface area (Å²) in [6, 6.07) is 0. The van der Waals surface area contributed by atoms with Crippen molar-refractivity contribution in [1.29, 1.82) is 0 Å². The first-order valence-electron chi connectivity index (χ1n) is 11.1. The lowest BCUT2D eigenvalue weighted by Crippen LogP contribution is -1.92. The molecule has 0 aromatic heterocycles. The largest absolute Gasteiger partial charge is 0.481 e. The molecule has 1 saturated heterocycles. The minimum atomic E-state index is -0.713. The molecule has 1 fully saturated rings. The molecule has 3 heteroatoms. The Morgan fingerprint density at radius 3 is 2.04 bits per heavy atom. The molecule has 0 spiro atoms. The predicted molar refractivity (Wildman–Crippen MR) is 114 cm³/mol. The van der Waals surface area contributed by atoms with Crippen LogP contribution in [0.5, 0.6) is 0 Å². The van der Waals surface area contributed by atoms with E-state index in [1.807, 2.05) is 0 Å². The fourth-order valence-electron chi connectivity index (χ4n) is 3.15. The molecule has 0 aromatic carbocycles. The zero-order valence-electron chi connectivity index (χ0n) is 17.3. The highest BCUT2D eigenvalue weighted by molar-refractivity contribution is 5.66. The van der Waals surface area contributed by atoms with Crippen molar-refractivity contribution in [3.05, 3.63) is 36.5 Å². The smallest absolute Gasteiger partial charge is 0.303 e. The van der Waals surface area contributed by atoms with Gasteiger partial charge >= 0.3 is 5.97 Å². The van der Waals surface area contributed by atoms with E-state index in [9.17, 15) is 4.79 Å². The number of carboxylic acids is 1. The Hall–Kier alpha value is -1.35. The van der Waals surface area contributed by atoms with Gasteiger partial charge in [0.15, 0.2) is 0 Å². The van der Waals surface area contributed by atoms with Crippen LogP contribution in [0.4, 0.5) is 0 Å². The van der Waals surface area contributed by atoms with E-state index in [-0.39, 0.29) is 6.42 Å². The Morgan fingerprint density at radius 2 is 1.33 bits per heavy atom. The molecule has 1 rings (SSSR count). The lowest BCUT2D eigenvalue weighted by Gasteiger charge is -1.98. The summed E-state index contributed by atoms with van der Waals surface area (Å²) >= 11 is 0. The van der Waals surface area contributed by atoms with Crippen molar-refractivity contribution >= 4 is 5.97 Å². The average Bonchev–Trinajstić information content (AvgIpc) is 3.40. The van der Waals surface area contributed by atoms with E-state index < -0.39 is 5.97 Å². The molecule has 3 nitrogen and oxygen atoms in total. The molecule has 0 aromatic rings. The summed E-state index contributed by atoms with van der Waals surface area (Å²) in [6.45, 7) is 2.27. The van der Waals surface area contributed by atoms with E-state index in [0.29, 0.717) is 12.2 Å². The van der Waals surface area contributed by atoms with Crippen LogP contribution < -0.4 is 0 Å². The Morgan fingerprint density at radius 1 is 0.778 bits per heavy atom. The van der Waals surface area contributed by atoms with Crippen LogP contribution >= 0.6 is 0 Å². The van der Waals surface area contributed by atoms with Crippen molar-refractivity contribution in [1.82, 2.24) is 0 Å². The predicted octanol–water partition coefficient (Wildman–Crippen LogP) is 6.99. The maximum absolute atomic E-state index is 10.4. The van der Waals surface area contributed by atoms with Crippen LogP contribution in [0.1, 0.15) is 96.8 Å². The fourth-order valence-corrected chi connectivity index (χ4v) is 3.15. The zero-order valence-corrected chi connectivity index (χ0v) is 17.3. The van der Waals surface area contributed by atoms with Crippen molar-refractivity contribution in [2.24, 2.45) is 0 Å². The monoisotopic (exact) mass is 376 g/mol. The van der Waals surface area contributed by atoms with Crippen LogP contribution in [0.2, 0.25) is 0 Å². The summed E-state index contributed by atoms with van der Waals surface area (Å²) in [4.78, 5) is 10.4. The molecule has 0 amide bonds. The third-order valence-corrected chi connectivity index (χ3v) is 4.93. The minimum absolute atomic E-state index is 0.258. The van der Waals surface area contributed by atoms with E-state index in [0.717, 1.165) is 32.1 Å². The van der Waals surface area contributed by atoms with Gasteiger partial charge in [0.25, 0.3) is 0 Å². The van der Waals surface area contributed by atoms with Gasteiger partial charge in [-0.3, -0.25) is 4.79 Å². The molecular weight excluding hydrogens is 336 g/mol. The van der Waals surface area contributed by atoms with Gasteiger partial charge in [-0.15, -0.1) is 0 Å². The molecular formula is C24H40O3. The van der Waals surface area contributed by atoms with Crippen LogP contribution in [0, 0.1) is 0 Å². The molecule has 2 unspecified atom stereocenters. The summed E-state index contributed by atoms with van der Waals surface area (Å²) in [6.07, 6.45) is 29.6. The van der Waals surface area contributed by atoms with Gasteiger partial charge in [-0.25, -0.2) is 0 Å². The van der Waals surface area contributed by atoms with Crippen molar-refractivity contribution in [3.63, 3.8) is 0 Å². The molecule has 1 N–H and O–H groups in total. The second-order valence-electron chi connectivity index (χ2n) is 7.53. The fraction of sp³-hybridized carbons (Fsp3) is 0.708. The van der Waals surface area contributed by atoms with Crippen molar-refractivity contribution < 1.29 is 14.6 Å². The summed E-state index contributed by atoms with van der Waals surface area (Å²) in [5.41, 5.74) is 0. The van der Waals surface area contributed by atoms with Crippen LogP contribution in [0.25, 0.3) is 0 Å². The topological polar surface area (TPSA) is 49.8 Å². The third kappa shape index (κ3) is 15.4. The summed E-state index contributed by atoms with van der Waals surface area (Å²) in [5.74, 6) is -0.713. The van der Waals surface area contributed by atoms with E-state index in [1.165, 1.54) is 51.4 Å². The third-order valence-electron chi connectivity index (χ3n) is 4.93. The molecule has 2 atom stereocenters. The van der Waals surface area contributed by atoms with Crippen LogP contribution in [-0.4, -0.2) is 23.3 Å². The van der Waals surface area contributed by atoms with E-state index in [1.54, 1.807) is 0 Å². The van der Waals surface area contributed by atoms with E-state index in [4.69, 9.17) is 9.84 Å². The normalized spacial score (nSPS) is 19.6. The molecule has 154 valence electrons. The number of hydrogen-bond donors (Lipinski definition) is 1. The number of allylic oxidation sites excluding steroid dienone is 4. The molecule has 1 aliphatic heterocycles. The van der Waals surface area contributed by atoms with Crippen molar-refractivity contribution in [2.45, 2.75) is 109 Å². The molecule has 27 heavy (non-hydrogen) atoms. The molecule has 1 aliphatic rings. The average molecular weight is 377 g/mol. The number of ether oxygens (including phenoxy) is 1. The summed E-state index contributed by atoms with van der Waals surface area (Å²) < 4.78 is 5.71. The number of carbonyl (C=O) groups is 1. The Bertz CT molecular complexity index is 451. The van der Waals surface area contributed by atoms with Gasteiger partial charge in [-0.2, -0.15) is 0 Å². The first-order valence-corrected chi connectivity index (χ1v) is 11.1. The van der Waals surface area contributed by atoms with Crippen LogP contribution in [0.15, 0.2) is 36.5 Å². The minimum Gasteiger partial charge on any atom is -0.481 e. The number of aliphatic carboxylic acids is 1. The molecule has 0 saturated carbocycles. The highest BCUT2D eigenvalue weighted by atomic mass is 16.6. The molecule has 1 heterocycles. The Balaban J connectivity index is 1.87. The second kappa shape index (κ2) is 16.8. The maximum Gasteiger partial charge on any atom is 0.303 e. The maximum atomic E-state index is 10.4. The highest BCUT2D eigenvalue weighted by Crippen LogP contribution is 2.29. The summed E-state index contributed by atoms with van der Waals surface area (Å²) in [7, 11) is 0. The van der Waals surface area contributed by atoms with Gasteiger partial charge in [0.1, 0.15) is 0 Å². The van der Waals surface area contributed by atoms with Crippen LogP contribution in [0.3, 0.4) is 0 Å². The van der Waals surface area contributed by atoms with E-state index in [2.05, 4.69) is 43.4 Å². The van der Waals surface area contributed by atoms with Crippen LogP contribution in [-0.2, 0) is 9.53 Å². The first-order chi connectivity index (χ1) is 13.2. The van der Waals surface area contributed by atoms with Gasteiger partial charge in [0, 0.05) is 6.42 Å². The van der Waals surface area contributed by atoms with Gasteiger partial charge in [0.05, 0.1) is 12.2 Å². The standard InChI is InChI=1S/C24H40O3/c1-2-3-4-5-6-7-8-10-13-16-19-22-23(27-22)20-17-14-11-9-12-15-18-21-24(25)26/h9,12-14,16-17,22-23H,2-8,10-11,15,18-21H2,1H3,(H,25,26)/b12-9+,16-13+,17-14+. The highest BCUT2D eigenvalue weighted by Gasteiger charge is 2.35. The Kier molecular flexibility index (Phi) is 14.7. The van der Waals surface area contributed by atoms with Crippen molar-refractivity contribution in [3.8, 4) is 0 Å². The molecule has 0 bridgehead atoms. The molecule has 0 radical (unpaired) electrons. The number of carboxylic acid groups (broad SMARTS) is 1. The number of hydrogen-bond acceptors (Lipinski definition) is 2. The Labute approximate surface area is 166 Å². The number of rotatable bonds is 18. The lowest BCUT2D eigenvalue weighted by molar-refractivity contribution is -0.137. The quantitative estimate of drug-likeness (QED) is 0.159. The lowest BCUT2D eigenvalue weighted by atomic mass is 10.1. The number of epoxide rings is 1. The second-order valence-corrected chi connectivity index (χ2v) is 7.53. The molecule has 0 aliphatic carbocycles. The van der Waals surface area contributed by atoms with E-state index >= 15 is 0 Å². The number of unbranched alkanes of at least 4 members (excludes halogenated alkanes) is 8. The van der Waals surface area contributed by atoms with Gasteiger partial charge in [-0.1, -0.05) is 81.9 Å². The SMILES string of the molecule is CCCCCCCCC/C=C/CC1OC1C/C=C/C/C=C/CCCC(=O)O. The van der Waals surface area contributed by atoms with Gasteiger partial charge in [-0.05, 0) is 44.9 Å². The van der Waals surface area contributed by atoms with Gasteiger partial charge < -0.3 is 9.84 Å². The first kappa shape index (κ1) is 23.7. The summed E-state index contributed by atoms with van der Waals surface area (Å²) in [5, 5.41) is 8.55.